The SMILES string of the molecule is COc1ccc(C(C#N)=Nc2ccccc2)cc1. The maximum Gasteiger partial charge on any atom is 0.148 e. The second kappa shape index (κ2) is 5.65. The molecule has 0 heterocycles. The van der Waals surface area contributed by atoms with Gasteiger partial charge in [0.1, 0.15) is 17.5 Å². The molecule has 2 rings (SSSR count). The molecule has 0 saturated carbocycles. The number of benzene rings is 2. The van der Waals surface area contributed by atoms with E-state index in [4.69, 9.17) is 10.00 Å². The molecule has 2 aromatic carbocycles. The van der Waals surface area contributed by atoms with Crippen LogP contribution in [0, 0.1) is 11.3 Å². The Kier molecular flexibility index (Phi) is 3.72. The molecule has 18 heavy (non-hydrogen) atoms. The normalized spacial score (nSPS) is 10.8. The molecule has 0 saturated heterocycles. The maximum absolute atomic E-state index is 9.16. The lowest BCUT2D eigenvalue weighted by Gasteiger charge is -2.01. The van der Waals surface area contributed by atoms with Crippen LogP contribution in [0.15, 0.2) is 59.6 Å². The molecular weight excluding hydrogens is 224 g/mol. The summed E-state index contributed by atoms with van der Waals surface area (Å²) in [5, 5.41) is 9.16. The summed E-state index contributed by atoms with van der Waals surface area (Å²) in [5.74, 6) is 0.760. The summed E-state index contributed by atoms with van der Waals surface area (Å²) in [6.45, 7) is 0. The van der Waals surface area contributed by atoms with Gasteiger partial charge in [0.25, 0.3) is 0 Å². The van der Waals surface area contributed by atoms with E-state index < -0.39 is 0 Å². The summed E-state index contributed by atoms with van der Waals surface area (Å²) >= 11 is 0. The van der Waals surface area contributed by atoms with Crippen molar-refractivity contribution in [1.29, 1.82) is 5.26 Å². The fourth-order valence-corrected chi connectivity index (χ4v) is 1.53. The fraction of sp³-hybridized carbons (Fsp3) is 0.0667. The van der Waals surface area contributed by atoms with Crippen LogP contribution in [0.5, 0.6) is 5.75 Å². The standard InChI is InChI=1S/C15H12N2O/c1-18-14-9-7-12(8-10-14)15(11-16)17-13-5-3-2-4-6-13/h2-10H,1H3. The van der Waals surface area contributed by atoms with Gasteiger partial charge in [-0.15, -0.1) is 0 Å². The average molecular weight is 236 g/mol. The van der Waals surface area contributed by atoms with Crippen molar-refractivity contribution in [3.63, 3.8) is 0 Å². The number of methoxy groups -OCH3 is 1. The van der Waals surface area contributed by atoms with Crippen molar-refractivity contribution in [3.8, 4) is 11.8 Å². The number of hydrogen-bond acceptors (Lipinski definition) is 3. The molecule has 0 radical (unpaired) electrons. The van der Waals surface area contributed by atoms with Gasteiger partial charge in [-0.3, -0.25) is 0 Å². The van der Waals surface area contributed by atoms with Crippen LogP contribution in [-0.4, -0.2) is 12.8 Å². The van der Waals surface area contributed by atoms with Gasteiger partial charge in [0.2, 0.25) is 0 Å². The van der Waals surface area contributed by atoms with E-state index in [0.29, 0.717) is 5.71 Å². The largest absolute Gasteiger partial charge is 0.497 e. The zero-order chi connectivity index (χ0) is 12.8. The summed E-state index contributed by atoms with van der Waals surface area (Å²) in [4.78, 5) is 4.32. The molecule has 0 unspecified atom stereocenters. The third-order valence-electron chi connectivity index (χ3n) is 2.47. The molecule has 2 aromatic rings. The first-order chi connectivity index (χ1) is 8.83. The number of aliphatic imine (C=N–C) groups is 1. The Labute approximate surface area is 106 Å². The van der Waals surface area contributed by atoms with Crippen LogP contribution in [0.3, 0.4) is 0 Å². The van der Waals surface area contributed by atoms with Crippen molar-refractivity contribution < 1.29 is 4.74 Å². The third-order valence-corrected chi connectivity index (χ3v) is 2.47. The van der Waals surface area contributed by atoms with Crippen molar-refractivity contribution in [2.75, 3.05) is 7.11 Å². The molecule has 3 heteroatoms. The van der Waals surface area contributed by atoms with Gasteiger partial charge in [-0.2, -0.15) is 5.26 Å². The summed E-state index contributed by atoms with van der Waals surface area (Å²) in [6, 6.07) is 18.8. The Balaban J connectivity index is 2.34. The van der Waals surface area contributed by atoms with Crippen molar-refractivity contribution in [2.45, 2.75) is 0 Å². The molecule has 0 N–H and O–H groups in total. The highest BCUT2D eigenvalue weighted by Crippen LogP contribution is 2.15. The van der Waals surface area contributed by atoms with E-state index in [1.165, 1.54) is 0 Å². The first-order valence-corrected chi connectivity index (χ1v) is 5.52. The third kappa shape index (κ3) is 2.74. The number of nitriles is 1. The van der Waals surface area contributed by atoms with Crippen LogP contribution < -0.4 is 4.74 Å². The highest BCUT2D eigenvalue weighted by molar-refractivity contribution is 6.12. The topological polar surface area (TPSA) is 45.4 Å². The zero-order valence-corrected chi connectivity index (χ0v) is 10.00. The lowest BCUT2D eigenvalue weighted by Crippen LogP contribution is -1.96. The van der Waals surface area contributed by atoms with Crippen molar-refractivity contribution in [3.05, 3.63) is 60.2 Å². The summed E-state index contributed by atoms with van der Waals surface area (Å²) < 4.78 is 5.08. The minimum Gasteiger partial charge on any atom is -0.497 e. The quantitative estimate of drug-likeness (QED) is 0.767. The van der Waals surface area contributed by atoms with Crippen LogP contribution in [-0.2, 0) is 0 Å². The Morgan fingerprint density at radius 2 is 1.72 bits per heavy atom. The monoisotopic (exact) mass is 236 g/mol. The number of nitrogens with zero attached hydrogens (tertiary/aromatic N) is 2. The smallest absolute Gasteiger partial charge is 0.148 e. The molecule has 0 spiro atoms. The first kappa shape index (κ1) is 11.9. The van der Waals surface area contributed by atoms with Gasteiger partial charge in [-0.05, 0) is 36.4 Å². The van der Waals surface area contributed by atoms with E-state index >= 15 is 0 Å². The number of rotatable bonds is 3. The second-order valence-electron chi connectivity index (χ2n) is 3.64. The molecular formula is C15H12N2O. The van der Waals surface area contributed by atoms with E-state index in [1.807, 2.05) is 54.6 Å². The van der Waals surface area contributed by atoms with Gasteiger partial charge in [0.15, 0.2) is 0 Å². The molecule has 0 bridgehead atoms. The lowest BCUT2D eigenvalue weighted by atomic mass is 10.1. The Bertz CT molecular complexity index is 580. The van der Waals surface area contributed by atoms with Crippen LogP contribution >= 0.6 is 0 Å². The summed E-state index contributed by atoms with van der Waals surface area (Å²) in [6.07, 6.45) is 0. The minimum atomic E-state index is 0.392. The molecule has 0 atom stereocenters. The number of ether oxygens (including phenoxy) is 1. The van der Waals surface area contributed by atoms with E-state index in [-0.39, 0.29) is 0 Å². The molecule has 0 aliphatic rings. The Hall–Kier alpha value is -2.60. The molecule has 3 nitrogen and oxygen atoms in total. The van der Waals surface area contributed by atoms with Crippen LogP contribution in [0.25, 0.3) is 0 Å². The molecule has 0 fully saturated rings. The van der Waals surface area contributed by atoms with Crippen LogP contribution in [0.4, 0.5) is 5.69 Å². The molecule has 0 aliphatic heterocycles. The van der Waals surface area contributed by atoms with Gasteiger partial charge in [0.05, 0.1) is 12.8 Å². The number of hydrogen-bond donors (Lipinski definition) is 0. The molecule has 88 valence electrons. The van der Waals surface area contributed by atoms with Gasteiger partial charge < -0.3 is 4.74 Å². The van der Waals surface area contributed by atoms with Gasteiger partial charge in [-0.1, -0.05) is 18.2 Å². The van der Waals surface area contributed by atoms with Crippen molar-refractivity contribution in [1.82, 2.24) is 0 Å². The van der Waals surface area contributed by atoms with Gasteiger partial charge >= 0.3 is 0 Å². The van der Waals surface area contributed by atoms with Gasteiger partial charge in [-0.25, -0.2) is 4.99 Å². The summed E-state index contributed by atoms with van der Waals surface area (Å²) in [5.41, 5.74) is 1.94. The van der Waals surface area contributed by atoms with E-state index in [2.05, 4.69) is 11.1 Å². The first-order valence-electron chi connectivity index (χ1n) is 5.52. The van der Waals surface area contributed by atoms with Gasteiger partial charge in [0, 0.05) is 5.56 Å². The predicted molar refractivity (Wildman–Crippen MR) is 71.2 cm³/mol. The predicted octanol–water partition coefficient (Wildman–Crippen LogP) is 3.34. The van der Waals surface area contributed by atoms with Crippen LogP contribution in [0.2, 0.25) is 0 Å². The minimum absolute atomic E-state index is 0.392. The fourth-order valence-electron chi connectivity index (χ4n) is 1.53. The maximum atomic E-state index is 9.16. The van der Waals surface area contributed by atoms with E-state index in [9.17, 15) is 0 Å². The average Bonchev–Trinajstić information content (AvgIpc) is 2.46. The lowest BCUT2D eigenvalue weighted by molar-refractivity contribution is 0.415. The van der Waals surface area contributed by atoms with Crippen molar-refractivity contribution >= 4 is 11.4 Å². The molecule has 0 aliphatic carbocycles. The Morgan fingerprint density at radius 3 is 2.28 bits per heavy atom. The molecule has 0 aromatic heterocycles. The zero-order valence-electron chi connectivity index (χ0n) is 10.00. The second-order valence-corrected chi connectivity index (χ2v) is 3.64. The van der Waals surface area contributed by atoms with Crippen LogP contribution in [0.1, 0.15) is 5.56 Å². The highest BCUT2D eigenvalue weighted by atomic mass is 16.5. The Morgan fingerprint density at radius 1 is 1.06 bits per heavy atom. The van der Waals surface area contributed by atoms with E-state index in [1.54, 1.807) is 7.11 Å². The number of para-hydroxylation sites is 1. The van der Waals surface area contributed by atoms with E-state index in [0.717, 1.165) is 17.0 Å². The highest BCUT2D eigenvalue weighted by Gasteiger charge is 2.02. The molecule has 0 amide bonds. The van der Waals surface area contributed by atoms with Crippen molar-refractivity contribution in [2.24, 2.45) is 4.99 Å². The summed E-state index contributed by atoms with van der Waals surface area (Å²) in [7, 11) is 1.61.